The largest absolute Gasteiger partial charge is 0.554 e. The SMILES string of the molecule is C[N+](C)(C)CCCNC(=O)COc1cc2[nH]c(-c3cc4ccc(Br)cc4[nH]3)cc2cc1Cl.O=C[O-]. The molecule has 0 aliphatic rings. The number of aromatic amines is 2. The molecule has 10 heteroatoms. The number of ether oxygens (including phenoxy) is 1. The number of hydrogen-bond acceptors (Lipinski definition) is 4. The van der Waals surface area contributed by atoms with Gasteiger partial charge in [0, 0.05) is 51.8 Å². The van der Waals surface area contributed by atoms with Crippen LogP contribution >= 0.6 is 27.5 Å². The number of rotatable bonds is 8. The second kappa shape index (κ2) is 11.6. The number of carbonyl (C=O) groups is 2. The standard InChI is InChI=1S/C24H26BrClN4O2.CH2O2/c1-30(2,3)8-4-7-27-24(31)14-32-23-13-20-16(9-18(23)26)11-22(29-20)21-10-15-5-6-17(25)12-19(15)28-21;2-1-3/h5-6,9-13,28-29H,4,7-8,14H2,1-3H3;1H,(H,2,3). The zero-order chi connectivity index (χ0) is 25.6. The van der Waals surface area contributed by atoms with Crippen LogP contribution in [-0.2, 0) is 9.59 Å². The summed E-state index contributed by atoms with van der Waals surface area (Å²) in [6, 6.07) is 14.0. The van der Waals surface area contributed by atoms with Crippen molar-refractivity contribution >= 4 is 61.7 Å². The summed E-state index contributed by atoms with van der Waals surface area (Å²) in [7, 11) is 6.39. The third-order valence-corrected chi connectivity index (χ3v) is 6.02. The molecule has 2 aromatic carbocycles. The molecule has 3 N–H and O–H groups in total. The van der Waals surface area contributed by atoms with E-state index < -0.39 is 6.47 Å². The van der Waals surface area contributed by atoms with Gasteiger partial charge in [-0.1, -0.05) is 33.6 Å². The molecule has 2 aromatic heterocycles. The number of fused-ring (bicyclic) bond motifs is 2. The maximum atomic E-state index is 12.1. The van der Waals surface area contributed by atoms with E-state index in [9.17, 15) is 4.79 Å². The molecule has 8 nitrogen and oxygen atoms in total. The maximum Gasteiger partial charge on any atom is 0.257 e. The molecule has 2 heterocycles. The van der Waals surface area contributed by atoms with Crippen LogP contribution in [0.5, 0.6) is 5.75 Å². The van der Waals surface area contributed by atoms with Gasteiger partial charge in [-0.05, 0) is 30.3 Å². The van der Waals surface area contributed by atoms with Crippen LogP contribution in [0.4, 0.5) is 0 Å². The summed E-state index contributed by atoms with van der Waals surface area (Å²) in [6.07, 6.45) is 0.915. The Morgan fingerprint density at radius 3 is 2.37 bits per heavy atom. The normalized spacial score (nSPS) is 11.2. The number of benzene rings is 2. The molecule has 0 fully saturated rings. The smallest absolute Gasteiger partial charge is 0.257 e. The summed E-state index contributed by atoms with van der Waals surface area (Å²) in [4.78, 5) is 27.2. The lowest BCUT2D eigenvalue weighted by Crippen LogP contribution is -2.38. The Bertz CT molecular complexity index is 1330. The van der Waals surface area contributed by atoms with Gasteiger partial charge in [-0.25, -0.2) is 0 Å². The first-order chi connectivity index (χ1) is 16.6. The van der Waals surface area contributed by atoms with Crippen LogP contribution in [0.1, 0.15) is 6.42 Å². The first kappa shape index (κ1) is 26.6. The molecule has 4 aromatic rings. The van der Waals surface area contributed by atoms with Gasteiger partial charge < -0.3 is 34.4 Å². The van der Waals surface area contributed by atoms with Gasteiger partial charge in [0.15, 0.2) is 6.61 Å². The fourth-order valence-electron chi connectivity index (χ4n) is 3.61. The maximum absolute atomic E-state index is 12.1. The molecule has 0 saturated carbocycles. The third kappa shape index (κ3) is 7.48. The fourth-order valence-corrected chi connectivity index (χ4v) is 4.20. The summed E-state index contributed by atoms with van der Waals surface area (Å²) in [5.74, 6) is 0.327. The highest BCUT2D eigenvalue weighted by atomic mass is 79.9. The molecular formula is C25H28BrClN4O4. The van der Waals surface area contributed by atoms with Crippen LogP contribution in [0, 0.1) is 0 Å². The van der Waals surface area contributed by atoms with Crippen molar-refractivity contribution in [2.24, 2.45) is 0 Å². The van der Waals surface area contributed by atoms with Gasteiger partial charge in [0.25, 0.3) is 5.91 Å². The van der Waals surface area contributed by atoms with E-state index in [0.29, 0.717) is 17.3 Å². The highest BCUT2D eigenvalue weighted by Crippen LogP contribution is 2.33. The molecule has 0 bridgehead atoms. The van der Waals surface area contributed by atoms with Crippen LogP contribution < -0.4 is 15.2 Å². The van der Waals surface area contributed by atoms with E-state index >= 15 is 0 Å². The quantitative estimate of drug-likeness (QED) is 0.173. The third-order valence-electron chi connectivity index (χ3n) is 5.23. The van der Waals surface area contributed by atoms with Gasteiger partial charge in [0.05, 0.1) is 44.1 Å². The van der Waals surface area contributed by atoms with E-state index in [0.717, 1.165) is 55.1 Å². The molecule has 4 rings (SSSR count). The molecule has 0 aliphatic carbocycles. The zero-order valence-corrected chi connectivity index (χ0v) is 22.1. The predicted octanol–water partition coefficient (Wildman–Crippen LogP) is 3.69. The lowest BCUT2D eigenvalue weighted by Gasteiger charge is -2.23. The molecule has 0 unspecified atom stereocenters. The first-order valence-corrected chi connectivity index (χ1v) is 12.1. The second-order valence-corrected chi connectivity index (χ2v) is 10.4. The Morgan fingerprint density at radius 1 is 1.09 bits per heavy atom. The second-order valence-electron chi connectivity index (χ2n) is 9.07. The number of carboxylic acid groups (broad SMARTS) is 1. The van der Waals surface area contributed by atoms with E-state index in [1.54, 1.807) is 0 Å². The van der Waals surface area contributed by atoms with Gasteiger partial charge in [-0.2, -0.15) is 0 Å². The Labute approximate surface area is 216 Å². The van der Waals surface area contributed by atoms with E-state index in [4.69, 9.17) is 26.2 Å². The Morgan fingerprint density at radius 2 is 1.71 bits per heavy atom. The molecule has 0 saturated heterocycles. The van der Waals surface area contributed by atoms with Crippen molar-refractivity contribution in [2.45, 2.75) is 6.42 Å². The summed E-state index contributed by atoms with van der Waals surface area (Å²) in [6.45, 7) is 1.05. The minimum Gasteiger partial charge on any atom is -0.554 e. The number of H-pyrrole nitrogens is 2. The highest BCUT2D eigenvalue weighted by molar-refractivity contribution is 9.10. The van der Waals surface area contributed by atoms with Gasteiger partial charge in [0.1, 0.15) is 5.75 Å². The number of nitrogens with zero attached hydrogens (tertiary/aromatic N) is 1. The van der Waals surface area contributed by atoms with Crippen molar-refractivity contribution in [3.8, 4) is 17.1 Å². The van der Waals surface area contributed by atoms with Crippen LogP contribution in [0.25, 0.3) is 33.2 Å². The van der Waals surface area contributed by atoms with Crippen LogP contribution in [-0.4, -0.2) is 67.7 Å². The number of nitrogens with one attached hydrogen (secondary N) is 3. The Hall–Kier alpha value is -3.01. The number of quaternary nitrogens is 1. The molecule has 35 heavy (non-hydrogen) atoms. The fraction of sp³-hybridized carbons (Fsp3) is 0.280. The lowest BCUT2D eigenvalue weighted by molar-refractivity contribution is -0.870. The zero-order valence-electron chi connectivity index (χ0n) is 19.8. The van der Waals surface area contributed by atoms with E-state index in [2.05, 4.69) is 70.6 Å². The average Bonchev–Trinajstić information content (AvgIpc) is 3.38. The Kier molecular flexibility index (Phi) is 8.82. The topological polar surface area (TPSA) is 110 Å². The van der Waals surface area contributed by atoms with Crippen molar-refractivity contribution in [1.29, 1.82) is 0 Å². The summed E-state index contributed by atoms with van der Waals surface area (Å²) in [5, 5.41) is 13.7. The monoisotopic (exact) mass is 562 g/mol. The van der Waals surface area contributed by atoms with Crippen molar-refractivity contribution in [1.82, 2.24) is 15.3 Å². The van der Waals surface area contributed by atoms with Crippen LogP contribution in [0.3, 0.4) is 0 Å². The number of hydrogen-bond donors (Lipinski definition) is 3. The van der Waals surface area contributed by atoms with Gasteiger partial charge in [0.2, 0.25) is 0 Å². The van der Waals surface area contributed by atoms with Crippen LogP contribution in [0.15, 0.2) is 46.9 Å². The first-order valence-electron chi connectivity index (χ1n) is 11.0. The molecular weight excluding hydrogens is 536 g/mol. The lowest BCUT2D eigenvalue weighted by atomic mass is 10.2. The molecule has 0 atom stereocenters. The number of amides is 1. The number of aromatic nitrogens is 2. The Balaban J connectivity index is 0.00000108. The molecule has 186 valence electrons. The summed E-state index contributed by atoms with van der Waals surface area (Å²) >= 11 is 9.92. The molecule has 1 amide bonds. The van der Waals surface area contributed by atoms with Gasteiger partial charge in [-0.3, -0.25) is 4.79 Å². The van der Waals surface area contributed by atoms with Crippen molar-refractivity contribution < 1.29 is 23.9 Å². The van der Waals surface area contributed by atoms with Crippen molar-refractivity contribution in [3.05, 3.63) is 52.0 Å². The highest BCUT2D eigenvalue weighted by Gasteiger charge is 2.12. The summed E-state index contributed by atoms with van der Waals surface area (Å²) < 4.78 is 7.60. The van der Waals surface area contributed by atoms with Gasteiger partial charge >= 0.3 is 0 Å². The average molecular weight is 564 g/mol. The van der Waals surface area contributed by atoms with E-state index in [1.807, 2.05) is 24.3 Å². The minimum atomic E-state index is -0.500. The predicted molar refractivity (Wildman–Crippen MR) is 140 cm³/mol. The molecule has 0 radical (unpaired) electrons. The van der Waals surface area contributed by atoms with E-state index in [1.165, 1.54) is 0 Å². The minimum absolute atomic E-state index is 0.0694. The molecule has 0 spiro atoms. The van der Waals surface area contributed by atoms with Crippen LogP contribution in [0.2, 0.25) is 5.02 Å². The number of carbonyl (C=O) groups excluding carboxylic acids is 2. The van der Waals surface area contributed by atoms with Crippen molar-refractivity contribution in [3.63, 3.8) is 0 Å². The molecule has 0 aliphatic heterocycles. The number of halogens is 2. The van der Waals surface area contributed by atoms with Gasteiger partial charge in [-0.15, -0.1) is 0 Å². The van der Waals surface area contributed by atoms with Crippen molar-refractivity contribution in [2.75, 3.05) is 40.8 Å². The summed E-state index contributed by atoms with van der Waals surface area (Å²) in [5.41, 5.74) is 3.89. The van der Waals surface area contributed by atoms with E-state index in [-0.39, 0.29) is 12.5 Å².